The molecule has 0 radical (unpaired) electrons. The lowest BCUT2D eigenvalue weighted by molar-refractivity contribution is 0.623. The molecule has 138 valence electrons. The third-order valence-corrected chi connectivity index (χ3v) is 5.30. The number of aromatic nitrogens is 2. The van der Waals surface area contributed by atoms with Crippen molar-refractivity contribution < 1.29 is 4.39 Å². The molecule has 0 bridgehead atoms. The van der Waals surface area contributed by atoms with E-state index in [4.69, 9.17) is 4.98 Å². The van der Waals surface area contributed by atoms with Gasteiger partial charge in [-0.3, -0.25) is 0 Å². The Balaban J connectivity index is 1.42. The van der Waals surface area contributed by atoms with E-state index in [9.17, 15) is 4.39 Å². The summed E-state index contributed by atoms with van der Waals surface area (Å²) in [5.74, 6) is 1.56. The molecular formula is C20H26FN5. The molecule has 1 aliphatic heterocycles. The highest BCUT2D eigenvalue weighted by molar-refractivity contribution is 5.50. The number of hydrogen-bond acceptors (Lipinski definition) is 5. The van der Waals surface area contributed by atoms with Crippen molar-refractivity contribution in [1.82, 2.24) is 9.97 Å². The van der Waals surface area contributed by atoms with Gasteiger partial charge in [-0.1, -0.05) is 12.8 Å². The van der Waals surface area contributed by atoms with Gasteiger partial charge in [-0.2, -0.15) is 4.98 Å². The predicted octanol–water partition coefficient (Wildman–Crippen LogP) is 3.61. The maximum Gasteiger partial charge on any atom is 0.227 e. The van der Waals surface area contributed by atoms with Crippen LogP contribution in [-0.2, 0) is 0 Å². The van der Waals surface area contributed by atoms with Crippen molar-refractivity contribution >= 4 is 17.5 Å². The summed E-state index contributed by atoms with van der Waals surface area (Å²) >= 11 is 0. The number of hydrogen-bond donors (Lipinski definition) is 1. The van der Waals surface area contributed by atoms with Gasteiger partial charge in [0.2, 0.25) is 5.95 Å². The number of halogens is 1. The van der Waals surface area contributed by atoms with Gasteiger partial charge in [0.25, 0.3) is 0 Å². The van der Waals surface area contributed by atoms with Crippen LogP contribution in [0.5, 0.6) is 0 Å². The molecule has 1 saturated carbocycles. The quantitative estimate of drug-likeness (QED) is 0.908. The van der Waals surface area contributed by atoms with Crippen LogP contribution < -0.4 is 15.1 Å². The average Bonchev–Trinajstić information content (AvgIpc) is 3.15. The molecule has 4 rings (SSSR count). The summed E-state index contributed by atoms with van der Waals surface area (Å²) < 4.78 is 13.1. The molecule has 2 heterocycles. The molecule has 1 aliphatic carbocycles. The topological polar surface area (TPSA) is 44.3 Å². The van der Waals surface area contributed by atoms with Crippen LogP contribution in [0, 0.1) is 12.7 Å². The number of anilines is 3. The number of aryl methyl sites for hydroxylation is 1. The van der Waals surface area contributed by atoms with Gasteiger partial charge in [-0.05, 0) is 44.0 Å². The molecule has 0 atom stereocenters. The molecule has 1 aromatic heterocycles. The van der Waals surface area contributed by atoms with Gasteiger partial charge in [-0.15, -0.1) is 0 Å². The van der Waals surface area contributed by atoms with E-state index in [0.717, 1.165) is 49.3 Å². The van der Waals surface area contributed by atoms with E-state index in [2.05, 4.69) is 20.1 Å². The molecule has 2 fully saturated rings. The summed E-state index contributed by atoms with van der Waals surface area (Å²) in [7, 11) is 0. The zero-order valence-corrected chi connectivity index (χ0v) is 15.3. The monoisotopic (exact) mass is 355 g/mol. The fourth-order valence-corrected chi connectivity index (χ4v) is 3.86. The van der Waals surface area contributed by atoms with Crippen LogP contribution in [0.4, 0.5) is 21.8 Å². The first-order valence-electron chi connectivity index (χ1n) is 9.55. The second-order valence-electron chi connectivity index (χ2n) is 7.27. The number of rotatable bonds is 4. The summed E-state index contributed by atoms with van der Waals surface area (Å²) in [5, 5.41) is 3.58. The van der Waals surface area contributed by atoms with Crippen molar-refractivity contribution in [3.63, 3.8) is 0 Å². The van der Waals surface area contributed by atoms with Crippen LogP contribution in [0.15, 0.2) is 30.3 Å². The fraction of sp³-hybridized carbons (Fsp3) is 0.500. The predicted molar refractivity (Wildman–Crippen MR) is 103 cm³/mol. The first-order valence-corrected chi connectivity index (χ1v) is 9.55. The highest BCUT2D eigenvalue weighted by Crippen LogP contribution is 2.24. The van der Waals surface area contributed by atoms with E-state index in [1.807, 2.05) is 25.1 Å². The standard InChI is InChI=1S/C20H26FN5/c1-15-14-19(23-17-4-2-3-5-17)24-20(22-15)26-12-10-25(11-13-26)18-8-6-16(21)7-9-18/h6-9,14,17H,2-5,10-13H2,1H3,(H,22,23,24). The second kappa shape index (κ2) is 7.48. The van der Waals surface area contributed by atoms with E-state index in [-0.39, 0.29) is 5.82 Å². The zero-order chi connectivity index (χ0) is 17.9. The minimum absolute atomic E-state index is 0.192. The lowest BCUT2D eigenvalue weighted by Gasteiger charge is -2.36. The van der Waals surface area contributed by atoms with Crippen molar-refractivity contribution in [1.29, 1.82) is 0 Å². The molecule has 6 heteroatoms. The van der Waals surface area contributed by atoms with Gasteiger partial charge in [-0.25, -0.2) is 9.37 Å². The van der Waals surface area contributed by atoms with Crippen LogP contribution in [-0.4, -0.2) is 42.2 Å². The third-order valence-electron chi connectivity index (χ3n) is 5.30. The van der Waals surface area contributed by atoms with Crippen LogP contribution in [0.1, 0.15) is 31.4 Å². The fourth-order valence-electron chi connectivity index (χ4n) is 3.86. The summed E-state index contributed by atoms with van der Waals surface area (Å²) in [5.41, 5.74) is 2.07. The Morgan fingerprint density at radius 2 is 1.62 bits per heavy atom. The van der Waals surface area contributed by atoms with Crippen molar-refractivity contribution in [3.8, 4) is 0 Å². The summed E-state index contributed by atoms with van der Waals surface area (Å²) in [6, 6.07) is 9.32. The SMILES string of the molecule is Cc1cc(NC2CCCC2)nc(N2CCN(c3ccc(F)cc3)CC2)n1. The molecule has 1 aromatic carbocycles. The average molecular weight is 355 g/mol. The lowest BCUT2D eigenvalue weighted by atomic mass is 10.2. The molecule has 26 heavy (non-hydrogen) atoms. The first kappa shape index (κ1) is 17.1. The van der Waals surface area contributed by atoms with E-state index < -0.39 is 0 Å². The van der Waals surface area contributed by atoms with Gasteiger partial charge < -0.3 is 15.1 Å². The van der Waals surface area contributed by atoms with Gasteiger partial charge >= 0.3 is 0 Å². The van der Waals surface area contributed by atoms with Crippen molar-refractivity contribution in [2.45, 2.75) is 38.6 Å². The normalized spacial score (nSPS) is 18.4. The van der Waals surface area contributed by atoms with Crippen LogP contribution in [0.2, 0.25) is 0 Å². The third kappa shape index (κ3) is 3.89. The molecule has 2 aliphatic rings. The Bertz CT molecular complexity index is 734. The molecule has 0 amide bonds. The maximum atomic E-state index is 13.1. The number of nitrogens with one attached hydrogen (secondary N) is 1. The van der Waals surface area contributed by atoms with Gasteiger partial charge in [0.1, 0.15) is 11.6 Å². The summed E-state index contributed by atoms with van der Waals surface area (Å²) in [6.45, 7) is 5.52. The molecular weight excluding hydrogens is 329 g/mol. The van der Waals surface area contributed by atoms with Crippen molar-refractivity contribution in [2.24, 2.45) is 0 Å². The van der Waals surface area contributed by atoms with E-state index >= 15 is 0 Å². The number of nitrogens with zero attached hydrogens (tertiary/aromatic N) is 4. The Morgan fingerprint density at radius 1 is 0.962 bits per heavy atom. The molecule has 0 spiro atoms. The van der Waals surface area contributed by atoms with Crippen LogP contribution >= 0.6 is 0 Å². The highest BCUT2D eigenvalue weighted by atomic mass is 19.1. The highest BCUT2D eigenvalue weighted by Gasteiger charge is 2.21. The van der Waals surface area contributed by atoms with Crippen LogP contribution in [0.3, 0.4) is 0 Å². The minimum Gasteiger partial charge on any atom is -0.368 e. The molecule has 5 nitrogen and oxygen atoms in total. The Kier molecular flexibility index (Phi) is 4.91. The number of benzene rings is 1. The van der Waals surface area contributed by atoms with Gasteiger partial charge in [0, 0.05) is 49.7 Å². The maximum absolute atomic E-state index is 13.1. The number of piperazine rings is 1. The summed E-state index contributed by atoms with van der Waals surface area (Å²) in [4.78, 5) is 13.9. The van der Waals surface area contributed by atoms with E-state index in [1.54, 1.807) is 0 Å². The molecule has 1 saturated heterocycles. The van der Waals surface area contributed by atoms with Gasteiger partial charge in [0.05, 0.1) is 0 Å². The molecule has 1 N–H and O–H groups in total. The Labute approximate surface area is 154 Å². The first-order chi connectivity index (χ1) is 12.7. The second-order valence-corrected chi connectivity index (χ2v) is 7.27. The van der Waals surface area contributed by atoms with Crippen molar-refractivity contribution in [3.05, 3.63) is 41.8 Å². The van der Waals surface area contributed by atoms with Crippen molar-refractivity contribution in [2.75, 3.05) is 41.3 Å². The van der Waals surface area contributed by atoms with Gasteiger partial charge in [0.15, 0.2) is 0 Å². The van der Waals surface area contributed by atoms with Crippen LogP contribution in [0.25, 0.3) is 0 Å². The molecule has 0 unspecified atom stereocenters. The largest absolute Gasteiger partial charge is 0.368 e. The Morgan fingerprint density at radius 3 is 2.31 bits per heavy atom. The Hall–Kier alpha value is -2.37. The van der Waals surface area contributed by atoms with E-state index in [1.165, 1.54) is 37.8 Å². The lowest BCUT2D eigenvalue weighted by Crippen LogP contribution is -2.47. The smallest absolute Gasteiger partial charge is 0.227 e. The molecule has 2 aromatic rings. The van der Waals surface area contributed by atoms with E-state index in [0.29, 0.717) is 6.04 Å². The summed E-state index contributed by atoms with van der Waals surface area (Å²) in [6.07, 6.45) is 5.07. The minimum atomic E-state index is -0.192. The zero-order valence-electron chi connectivity index (χ0n) is 15.3.